The predicted molar refractivity (Wildman–Crippen MR) is 67.4 cm³/mol. The summed E-state index contributed by atoms with van der Waals surface area (Å²) >= 11 is 3.29. The summed E-state index contributed by atoms with van der Waals surface area (Å²) in [6, 6.07) is 0. The van der Waals surface area contributed by atoms with Gasteiger partial charge in [-0.05, 0) is 6.92 Å². The molecule has 16 heavy (non-hydrogen) atoms. The molecule has 4 nitrogen and oxygen atoms in total. The van der Waals surface area contributed by atoms with Gasteiger partial charge in [0.1, 0.15) is 10.0 Å². The van der Waals surface area contributed by atoms with Crippen molar-refractivity contribution in [1.29, 1.82) is 0 Å². The Morgan fingerprint density at radius 3 is 2.62 bits per heavy atom. The molecule has 0 aromatic carbocycles. The van der Waals surface area contributed by atoms with Crippen LogP contribution in [0.5, 0.6) is 0 Å². The Morgan fingerprint density at radius 1 is 1.19 bits per heavy atom. The van der Waals surface area contributed by atoms with Crippen LogP contribution in [-0.4, -0.2) is 9.97 Å². The van der Waals surface area contributed by atoms with Gasteiger partial charge in [0.2, 0.25) is 0 Å². The van der Waals surface area contributed by atoms with Gasteiger partial charge in [-0.2, -0.15) is 0 Å². The lowest BCUT2D eigenvalue weighted by Gasteiger charge is -1.98. The summed E-state index contributed by atoms with van der Waals surface area (Å²) in [6.07, 6.45) is 0. The first-order valence-electron chi connectivity index (χ1n) is 5.03. The molecular weight excluding hydrogens is 240 g/mol. The van der Waals surface area contributed by atoms with Crippen LogP contribution in [0, 0.1) is 6.92 Å². The minimum atomic E-state index is 0.524. The number of nitrogens with two attached hydrogens (primary N) is 1. The summed E-state index contributed by atoms with van der Waals surface area (Å²) in [5.41, 5.74) is 7.64. The van der Waals surface area contributed by atoms with E-state index in [1.807, 2.05) is 12.3 Å². The topological polar surface area (TPSA) is 63.8 Å². The molecule has 0 unspecified atom stereocenters. The Kier molecular flexibility index (Phi) is 4.00. The second-order valence-corrected chi connectivity index (χ2v) is 5.31. The van der Waals surface area contributed by atoms with Crippen molar-refractivity contribution in [3.63, 3.8) is 0 Å². The van der Waals surface area contributed by atoms with Gasteiger partial charge < -0.3 is 11.1 Å². The average Bonchev–Trinajstić information content (AvgIpc) is 2.88. The molecule has 0 amide bonds. The van der Waals surface area contributed by atoms with Crippen molar-refractivity contribution in [2.75, 3.05) is 0 Å². The van der Waals surface area contributed by atoms with E-state index in [2.05, 4.69) is 20.7 Å². The number of hydrogen-bond acceptors (Lipinski definition) is 6. The maximum atomic E-state index is 5.50. The molecule has 0 saturated carbocycles. The molecule has 3 N–H and O–H groups in total. The molecule has 0 spiro atoms. The minimum absolute atomic E-state index is 0.524. The fraction of sp³-hybridized carbons (Fsp3) is 0.400. The Morgan fingerprint density at radius 2 is 2.00 bits per heavy atom. The van der Waals surface area contributed by atoms with Crippen molar-refractivity contribution in [2.45, 2.75) is 26.6 Å². The third-order valence-corrected chi connectivity index (χ3v) is 3.91. The van der Waals surface area contributed by atoms with E-state index in [-0.39, 0.29) is 0 Å². The van der Waals surface area contributed by atoms with Crippen LogP contribution < -0.4 is 11.1 Å². The van der Waals surface area contributed by atoms with Gasteiger partial charge in [-0.3, -0.25) is 0 Å². The Labute approximate surface area is 103 Å². The van der Waals surface area contributed by atoms with Crippen LogP contribution >= 0.6 is 22.7 Å². The van der Waals surface area contributed by atoms with E-state index in [1.54, 1.807) is 22.7 Å². The van der Waals surface area contributed by atoms with E-state index < -0.39 is 0 Å². The zero-order valence-electron chi connectivity index (χ0n) is 9.06. The van der Waals surface area contributed by atoms with Crippen LogP contribution in [0.15, 0.2) is 10.8 Å². The molecule has 0 aliphatic rings. The van der Waals surface area contributed by atoms with E-state index in [0.717, 1.165) is 34.5 Å². The molecule has 0 atom stereocenters. The van der Waals surface area contributed by atoms with Crippen molar-refractivity contribution >= 4 is 22.7 Å². The number of aromatic nitrogens is 2. The van der Waals surface area contributed by atoms with E-state index >= 15 is 0 Å². The number of nitrogens with zero attached hydrogens (tertiary/aromatic N) is 2. The van der Waals surface area contributed by atoms with Crippen LogP contribution in [-0.2, 0) is 19.6 Å². The van der Waals surface area contributed by atoms with Gasteiger partial charge >= 0.3 is 0 Å². The Bertz CT molecular complexity index is 449. The summed E-state index contributed by atoms with van der Waals surface area (Å²) in [7, 11) is 0. The molecule has 2 aromatic heterocycles. The van der Waals surface area contributed by atoms with Gasteiger partial charge in [0.05, 0.1) is 5.69 Å². The number of nitrogens with one attached hydrogen (secondary N) is 1. The highest BCUT2D eigenvalue weighted by Crippen LogP contribution is 2.10. The summed E-state index contributed by atoms with van der Waals surface area (Å²) < 4.78 is 0. The van der Waals surface area contributed by atoms with E-state index in [4.69, 9.17) is 5.73 Å². The molecule has 2 heterocycles. The predicted octanol–water partition coefficient (Wildman–Crippen LogP) is 1.66. The molecule has 2 aromatic rings. The quantitative estimate of drug-likeness (QED) is 0.851. The molecule has 0 aliphatic heterocycles. The fourth-order valence-electron chi connectivity index (χ4n) is 1.31. The van der Waals surface area contributed by atoms with Gasteiger partial charge in [0.25, 0.3) is 0 Å². The van der Waals surface area contributed by atoms with E-state index in [1.165, 1.54) is 0 Å². The lowest BCUT2D eigenvalue weighted by atomic mass is 10.4. The van der Waals surface area contributed by atoms with E-state index in [0.29, 0.717) is 6.54 Å². The molecule has 86 valence electrons. The second-order valence-electron chi connectivity index (χ2n) is 3.42. The zero-order chi connectivity index (χ0) is 11.4. The van der Waals surface area contributed by atoms with E-state index in [9.17, 15) is 0 Å². The number of aryl methyl sites for hydroxylation is 1. The van der Waals surface area contributed by atoms with Crippen LogP contribution in [0.4, 0.5) is 0 Å². The standard InChI is InChI=1S/C10H14N4S2/c1-7-5-15-10(13-7)4-12-3-8-6-16-9(2-11)14-8/h5-6,12H,2-4,11H2,1H3. The fourth-order valence-corrected chi connectivity index (χ4v) is 2.72. The molecule has 2 rings (SSSR count). The second kappa shape index (κ2) is 5.49. The van der Waals surface area contributed by atoms with Crippen molar-refractivity contribution < 1.29 is 0 Å². The largest absolute Gasteiger partial charge is 0.325 e. The van der Waals surface area contributed by atoms with Crippen LogP contribution in [0.1, 0.15) is 21.4 Å². The third kappa shape index (κ3) is 3.08. The average molecular weight is 254 g/mol. The summed E-state index contributed by atoms with van der Waals surface area (Å²) in [5.74, 6) is 0. The molecule has 0 aliphatic carbocycles. The van der Waals surface area contributed by atoms with Crippen molar-refractivity contribution in [2.24, 2.45) is 5.73 Å². The monoisotopic (exact) mass is 254 g/mol. The summed E-state index contributed by atoms with van der Waals surface area (Å²) in [6.45, 7) is 4.10. The van der Waals surface area contributed by atoms with Crippen molar-refractivity contribution in [3.05, 3.63) is 32.2 Å². The van der Waals surface area contributed by atoms with Gasteiger partial charge in [0.15, 0.2) is 0 Å². The normalized spacial score (nSPS) is 10.9. The molecule has 0 saturated heterocycles. The molecular formula is C10H14N4S2. The maximum absolute atomic E-state index is 5.50. The summed E-state index contributed by atoms with van der Waals surface area (Å²) in [4.78, 5) is 8.76. The smallest absolute Gasteiger partial charge is 0.107 e. The molecule has 0 fully saturated rings. The molecule has 0 radical (unpaired) electrons. The number of thiazole rings is 2. The highest BCUT2D eigenvalue weighted by Gasteiger charge is 2.01. The Hall–Kier alpha value is -0.820. The number of hydrogen-bond donors (Lipinski definition) is 2. The highest BCUT2D eigenvalue weighted by molar-refractivity contribution is 7.09. The Balaban J connectivity index is 1.79. The van der Waals surface area contributed by atoms with Crippen molar-refractivity contribution in [3.8, 4) is 0 Å². The third-order valence-electron chi connectivity index (χ3n) is 2.02. The van der Waals surface area contributed by atoms with Gasteiger partial charge in [-0.1, -0.05) is 0 Å². The molecule has 6 heteroatoms. The first-order chi connectivity index (χ1) is 7.78. The van der Waals surface area contributed by atoms with Crippen LogP contribution in [0.3, 0.4) is 0 Å². The highest BCUT2D eigenvalue weighted by atomic mass is 32.1. The van der Waals surface area contributed by atoms with Crippen LogP contribution in [0.25, 0.3) is 0 Å². The van der Waals surface area contributed by atoms with Gasteiger partial charge in [-0.15, -0.1) is 22.7 Å². The lowest BCUT2D eigenvalue weighted by Crippen LogP contribution is -2.13. The van der Waals surface area contributed by atoms with Gasteiger partial charge in [-0.25, -0.2) is 9.97 Å². The maximum Gasteiger partial charge on any atom is 0.107 e. The van der Waals surface area contributed by atoms with Crippen LogP contribution in [0.2, 0.25) is 0 Å². The number of rotatable bonds is 5. The van der Waals surface area contributed by atoms with Crippen molar-refractivity contribution in [1.82, 2.24) is 15.3 Å². The SMILES string of the molecule is Cc1csc(CNCc2csc(CN)n2)n1. The summed E-state index contributed by atoms with van der Waals surface area (Å²) in [5, 5.41) is 9.53. The first kappa shape index (κ1) is 11.7. The zero-order valence-corrected chi connectivity index (χ0v) is 10.7. The lowest BCUT2D eigenvalue weighted by molar-refractivity contribution is 0.676. The molecule has 0 bridgehead atoms. The first-order valence-corrected chi connectivity index (χ1v) is 6.79. The van der Waals surface area contributed by atoms with Gasteiger partial charge in [0, 0.05) is 36.1 Å². The minimum Gasteiger partial charge on any atom is -0.325 e.